The number of rotatable bonds is 77. The van der Waals surface area contributed by atoms with Crippen molar-refractivity contribution in [1.82, 2.24) is 56.0 Å². The van der Waals surface area contributed by atoms with Gasteiger partial charge in [-0.15, -0.1) is 0 Å². The Balaban J connectivity index is 2.74. The van der Waals surface area contributed by atoms with Gasteiger partial charge in [-0.3, -0.25) is 57.5 Å². The molecular formula is C92H151F6N11O20. The number of likely N-dealkylation sites (N-methyl/N-ethyl adjacent to an activating group) is 6. The molecule has 0 heterocycles. The zero-order valence-electron chi connectivity index (χ0n) is 78.5. The first-order valence-corrected chi connectivity index (χ1v) is 45.4. The van der Waals surface area contributed by atoms with Gasteiger partial charge in [0, 0.05) is 215 Å². The van der Waals surface area contributed by atoms with Crippen LogP contribution in [0.3, 0.4) is 0 Å². The van der Waals surface area contributed by atoms with Crippen LogP contribution in [0.25, 0.3) is 0 Å². The molecule has 0 bridgehead atoms. The van der Waals surface area contributed by atoms with Gasteiger partial charge in [-0.2, -0.15) is 26.3 Å². The van der Waals surface area contributed by atoms with Crippen LogP contribution in [0.5, 0.6) is 0 Å². The van der Waals surface area contributed by atoms with Crippen molar-refractivity contribution in [2.45, 2.75) is 186 Å². The number of ether oxygens (including phenoxy) is 6. The van der Waals surface area contributed by atoms with Gasteiger partial charge in [0.1, 0.15) is 28.9 Å². The summed E-state index contributed by atoms with van der Waals surface area (Å²) in [5, 5.41) is 36.0. The summed E-state index contributed by atoms with van der Waals surface area (Å²) in [6.07, 6.45) is -9.88. The van der Waals surface area contributed by atoms with Crippen molar-refractivity contribution in [1.29, 1.82) is 0 Å². The number of carbonyl (C=O) groups is 12. The molecule has 0 saturated heterocycles. The van der Waals surface area contributed by atoms with E-state index < -0.39 is 207 Å². The van der Waals surface area contributed by atoms with Crippen molar-refractivity contribution in [3.8, 4) is 0 Å². The smallest absolute Gasteiger partial charge is 0.382 e. The maximum atomic E-state index is 15.4. The summed E-state index contributed by atoms with van der Waals surface area (Å²) in [5.41, 5.74) is -7.09. The Morgan fingerprint density at radius 2 is 0.682 bits per heavy atom. The largest absolute Gasteiger partial charge is 0.422 e. The zero-order chi connectivity index (χ0) is 96.4. The van der Waals surface area contributed by atoms with Crippen LogP contribution in [0, 0.1) is 35.5 Å². The number of benzene rings is 2. The third-order valence-corrected chi connectivity index (χ3v) is 22.4. The van der Waals surface area contributed by atoms with Crippen LogP contribution in [-0.4, -0.2) is 343 Å². The number of unbranched alkanes of at least 4 members (excludes halogenated alkanes) is 7. The molecule has 37 heteroatoms. The van der Waals surface area contributed by atoms with Gasteiger partial charge in [0.05, 0.1) is 83.8 Å². The summed E-state index contributed by atoms with van der Waals surface area (Å²) >= 11 is 0. The highest BCUT2D eigenvalue weighted by molar-refractivity contribution is 5.99. The first kappa shape index (κ1) is 117. The van der Waals surface area contributed by atoms with E-state index in [-0.39, 0.29) is 136 Å². The Morgan fingerprint density at radius 1 is 0.349 bits per heavy atom. The van der Waals surface area contributed by atoms with Crippen LogP contribution in [0.2, 0.25) is 0 Å². The van der Waals surface area contributed by atoms with Crippen molar-refractivity contribution in [3.05, 3.63) is 71.8 Å². The third-order valence-electron chi connectivity index (χ3n) is 22.4. The molecule has 2 aromatic carbocycles. The number of halogens is 6. The van der Waals surface area contributed by atoms with Crippen LogP contribution >= 0.6 is 0 Å². The molecule has 7 N–H and O–H groups in total. The van der Waals surface area contributed by atoms with Crippen LogP contribution < -0.4 is 26.6 Å². The number of methoxy groups -OCH3 is 2. The van der Waals surface area contributed by atoms with E-state index in [4.69, 9.17) is 28.4 Å². The lowest BCUT2D eigenvalue weighted by Gasteiger charge is -2.35. The standard InChI is InChI=1S/C92H151F6N11O20/c1-13-16-19-27-34-99-82(115)64-71(58-78(111)59-72(86(119)102-35-28-20-17-14-2)62-80(113)70(65-83(116)100-36-46-126-52-54-128-50-48-124-11)57-77(110)56-69(4)85(118)103-37-47-127-53-55-129-51-49-125-12)81(114)63-74(88(121)109(10)45-43-105(6)39-41-107(8)68-90(123,92(96,97)98)76-31-25-22-26-32-76)61-79(112)60-73(87(120)101-33-18-15-3)66-84(117)108(9)44-42-104(5)38-40-106(7)67-89(122,91(93,94)95)75-29-23-21-24-30-75/h21-26,29-32,69-74,122-123H,13-20,27-28,33-68H2,1-12H3,(H,99,115)(H,100,116)(H,101,120)(H,102,119)(H,103,118). The molecule has 0 aliphatic rings. The second kappa shape index (κ2) is 65.7. The van der Waals surface area contributed by atoms with Gasteiger partial charge in [-0.25, -0.2) is 0 Å². The molecule has 2 rings (SSSR count). The summed E-state index contributed by atoms with van der Waals surface area (Å²) in [4.78, 5) is 182. The third kappa shape index (κ3) is 48.9. The average Bonchev–Trinajstić information content (AvgIpc) is 0.785. The molecule has 0 radical (unpaired) electrons. The second-order valence-electron chi connectivity index (χ2n) is 33.8. The molecule has 129 heavy (non-hydrogen) atoms. The highest BCUT2D eigenvalue weighted by Crippen LogP contribution is 2.41. The van der Waals surface area contributed by atoms with Gasteiger partial charge in [0.15, 0.2) is 11.2 Å². The van der Waals surface area contributed by atoms with Gasteiger partial charge in [0.25, 0.3) is 0 Å². The first-order valence-electron chi connectivity index (χ1n) is 45.4. The Bertz CT molecular complexity index is 3580. The quantitative estimate of drug-likeness (QED) is 0.0252. The molecule has 0 saturated carbocycles. The lowest BCUT2D eigenvalue weighted by molar-refractivity contribution is -0.271. The molecule has 0 fully saturated rings. The summed E-state index contributed by atoms with van der Waals surface area (Å²) in [7, 11) is 12.1. The molecule has 736 valence electrons. The van der Waals surface area contributed by atoms with Crippen LogP contribution in [0.1, 0.15) is 174 Å². The summed E-state index contributed by atoms with van der Waals surface area (Å²) in [6, 6.07) is 13.3. The van der Waals surface area contributed by atoms with Crippen molar-refractivity contribution in [3.63, 3.8) is 0 Å². The molecular weight excluding hydrogens is 1690 g/mol. The fourth-order valence-corrected chi connectivity index (χ4v) is 14.2. The number of nitrogens with one attached hydrogen (secondary N) is 5. The molecule has 0 aliphatic carbocycles. The minimum Gasteiger partial charge on any atom is -0.382 e. The number of hydrogen-bond acceptors (Lipinski definition) is 24. The van der Waals surface area contributed by atoms with Crippen molar-refractivity contribution >= 4 is 70.3 Å². The minimum atomic E-state index is -5.06. The van der Waals surface area contributed by atoms with Crippen molar-refractivity contribution in [2.75, 3.05) is 221 Å². The minimum absolute atomic E-state index is 0.00229. The van der Waals surface area contributed by atoms with E-state index in [1.165, 1.54) is 122 Å². The SMILES string of the molecule is CCCCCCNC(=O)CC(CC(=O)CC(CC(=O)C(CC(=O)CC(C)C(=O)NCCOCCOCCOC)CC(=O)NCCOCCOCCOC)C(=O)NCCCCCC)C(=O)CC(CC(=O)CC(CC(=O)N(C)CCN(C)CCN(C)CC(O)(c1ccccc1)C(F)(F)F)C(=O)NCCCC)C(=O)N(C)CCN(C)CCN(C)CC(O)(c1ccccc1)C(F)(F)F. The van der Waals surface area contributed by atoms with E-state index in [1.54, 1.807) is 31.0 Å². The van der Waals surface area contributed by atoms with E-state index in [0.29, 0.717) is 65.1 Å². The van der Waals surface area contributed by atoms with E-state index >= 15 is 14.4 Å². The van der Waals surface area contributed by atoms with Crippen LogP contribution in [-0.2, 0) is 97.2 Å². The molecule has 2 aromatic rings. The summed E-state index contributed by atoms with van der Waals surface area (Å²) in [6.45, 7) is 9.56. The second-order valence-corrected chi connectivity index (χ2v) is 33.8. The summed E-state index contributed by atoms with van der Waals surface area (Å²) < 4.78 is 119. The number of Topliss-reactive ketones (excluding diaryl/α,β-unsaturated/α-hetero) is 5. The fourth-order valence-electron chi connectivity index (χ4n) is 14.2. The number of alkyl halides is 6. The van der Waals surface area contributed by atoms with E-state index in [2.05, 4.69) is 26.6 Å². The molecule has 31 nitrogen and oxygen atoms in total. The van der Waals surface area contributed by atoms with Crippen molar-refractivity contribution < 1.29 is 123 Å². The van der Waals surface area contributed by atoms with Gasteiger partial charge in [-0.05, 0) is 58.6 Å². The molecule has 8 unspecified atom stereocenters. The lowest BCUT2D eigenvalue weighted by Crippen LogP contribution is -2.51. The normalized spacial score (nSPS) is 14.2. The average molecular weight is 1850 g/mol. The highest BCUT2D eigenvalue weighted by atomic mass is 19.4. The number of nitrogens with zero attached hydrogens (tertiary/aromatic N) is 6. The van der Waals surface area contributed by atoms with E-state index in [9.17, 15) is 79.7 Å². The molecule has 7 amide bonds. The monoisotopic (exact) mass is 1840 g/mol. The molecule has 0 aliphatic heterocycles. The summed E-state index contributed by atoms with van der Waals surface area (Å²) in [5.74, 6) is -16.5. The number of hydrogen-bond donors (Lipinski definition) is 7. The number of aliphatic hydroxyl groups is 2. The Labute approximate surface area is 759 Å². The fraction of sp³-hybridized carbons (Fsp3) is 0.739. The number of ketones is 5. The number of amides is 7. The Kier molecular flexibility index (Phi) is 59.7. The van der Waals surface area contributed by atoms with E-state index in [0.717, 1.165) is 32.1 Å². The Morgan fingerprint density at radius 3 is 1.11 bits per heavy atom. The maximum Gasteiger partial charge on any atom is 0.422 e. The van der Waals surface area contributed by atoms with Crippen LogP contribution in [0.4, 0.5) is 26.3 Å². The van der Waals surface area contributed by atoms with Gasteiger partial charge < -0.3 is 94.6 Å². The molecule has 0 spiro atoms. The van der Waals surface area contributed by atoms with Crippen molar-refractivity contribution in [2.24, 2.45) is 35.5 Å². The van der Waals surface area contributed by atoms with Crippen LogP contribution in [0.15, 0.2) is 60.7 Å². The van der Waals surface area contributed by atoms with Gasteiger partial charge >= 0.3 is 12.4 Å². The maximum absolute atomic E-state index is 15.4. The van der Waals surface area contributed by atoms with Gasteiger partial charge in [-0.1, -0.05) is 133 Å². The van der Waals surface area contributed by atoms with Gasteiger partial charge in [0.2, 0.25) is 41.4 Å². The highest BCUT2D eigenvalue weighted by Gasteiger charge is 2.56. The predicted octanol–water partition coefficient (Wildman–Crippen LogP) is 7.29. The topological polar surface area (TPSA) is 380 Å². The molecule has 0 aromatic heterocycles. The predicted molar refractivity (Wildman–Crippen MR) is 476 cm³/mol. The number of carbonyl (C=O) groups excluding carboxylic acids is 12. The first-order chi connectivity index (χ1) is 61.2. The molecule has 8 atom stereocenters. The lowest BCUT2D eigenvalue weighted by atomic mass is 9.82. The zero-order valence-corrected chi connectivity index (χ0v) is 78.5. The Hall–Kier alpha value is -7.82. The van der Waals surface area contributed by atoms with E-state index in [1.807, 2.05) is 20.8 Å².